The minimum Gasteiger partial charge on any atom is -0.447 e. The van der Waals surface area contributed by atoms with Gasteiger partial charge >= 0.3 is 5.97 Å². The molecular formula is C18H18N2O5. The molecule has 0 saturated carbocycles. The van der Waals surface area contributed by atoms with Crippen LogP contribution in [-0.4, -0.2) is 16.8 Å². The van der Waals surface area contributed by atoms with Gasteiger partial charge in [-0.15, -0.1) is 0 Å². The van der Waals surface area contributed by atoms with Crippen LogP contribution < -0.4 is 5.32 Å². The fourth-order valence-electron chi connectivity index (χ4n) is 2.32. The van der Waals surface area contributed by atoms with Crippen LogP contribution in [0.4, 0.5) is 5.69 Å². The van der Waals surface area contributed by atoms with Crippen molar-refractivity contribution < 1.29 is 19.2 Å². The molecule has 0 aliphatic rings. The van der Waals surface area contributed by atoms with Gasteiger partial charge in [0.05, 0.1) is 11.0 Å². The van der Waals surface area contributed by atoms with Gasteiger partial charge in [0.1, 0.15) is 0 Å². The second-order valence-electron chi connectivity index (χ2n) is 5.48. The van der Waals surface area contributed by atoms with E-state index < -0.39 is 28.9 Å². The van der Waals surface area contributed by atoms with Gasteiger partial charge in [-0.25, -0.2) is 0 Å². The standard InChI is InChI=1S/C18H18N2O5/c1-12(14-8-10-16(11-9-14)20(23)24)19-18(22)17(25-13(2)21)15-6-4-3-5-7-15/h3-12,17H,1-2H3,(H,19,22). The van der Waals surface area contributed by atoms with Gasteiger partial charge in [-0.1, -0.05) is 42.5 Å². The first kappa shape index (κ1) is 18.1. The zero-order chi connectivity index (χ0) is 18.4. The second-order valence-corrected chi connectivity index (χ2v) is 5.48. The quantitative estimate of drug-likeness (QED) is 0.494. The smallest absolute Gasteiger partial charge is 0.303 e. The highest BCUT2D eigenvalue weighted by Gasteiger charge is 2.25. The minimum atomic E-state index is -1.06. The number of hydrogen-bond donors (Lipinski definition) is 1. The Balaban J connectivity index is 2.14. The van der Waals surface area contributed by atoms with Crippen LogP contribution in [-0.2, 0) is 14.3 Å². The molecular weight excluding hydrogens is 324 g/mol. The summed E-state index contributed by atoms with van der Waals surface area (Å²) in [5.74, 6) is -1.03. The maximum atomic E-state index is 12.5. The highest BCUT2D eigenvalue weighted by Crippen LogP contribution is 2.21. The Hall–Kier alpha value is -3.22. The Labute approximate surface area is 144 Å². The number of nitro groups is 1. The van der Waals surface area contributed by atoms with Crippen LogP contribution in [0.15, 0.2) is 54.6 Å². The molecule has 1 amide bonds. The fraction of sp³-hybridized carbons (Fsp3) is 0.222. The van der Waals surface area contributed by atoms with Crippen LogP contribution in [0.5, 0.6) is 0 Å². The molecule has 0 radical (unpaired) electrons. The molecule has 0 aliphatic carbocycles. The Kier molecular flexibility index (Phi) is 5.84. The van der Waals surface area contributed by atoms with Crippen molar-refractivity contribution in [3.05, 3.63) is 75.8 Å². The lowest BCUT2D eigenvalue weighted by Crippen LogP contribution is -2.33. The molecule has 2 aromatic carbocycles. The number of benzene rings is 2. The van der Waals surface area contributed by atoms with Crippen LogP contribution in [0.2, 0.25) is 0 Å². The van der Waals surface area contributed by atoms with Crippen molar-refractivity contribution in [1.29, 1.82) is 0 Å². The minimum absolute atomic E-state index is 0.0237. The van der Waals surface area contributed by atoms with Gasteiger partial charge in [0.2, 0.25) is 6.10 Å². The third-order valence-corrected chi connectivity index (χ3v) is 3.59. The maximum absolute atomic E-state index is 12.5. The van der Waals surface area contributed by atoms with E-state index in [9.17, 15) is 19.7 Å². The molecule has 0 saturated heterocycles. The first-order chi connectivity index (χ1) is 11.9. The van der Waals surface area contributed by atoms with Gasteiger partial charge in [-0.05, 0) is 12.5 Å². The highest BCUT2D eigenvalue weighted by molar-refractivity contribution is 5.85. The summed E-state index contributed by atoms with van der Waals surface area (Å²) in [4.78, 5) is 34.1. The van der Waals surface area contributed by atoms with Crippen molar-refractivity contribution >= 4 is 17.6 Å². The molecule has 0 bridgehead atoms. The van der Waals surface area contributed by atoms with Crippen molar-refractivity contribution in [1.82, 2.24) is 5.32 Å². The van der Waals surface area contributed by atoms with Crippen molar-refractivity contribution in [2.75, 3.05) is 0 Å². The number of esters is 1. The van der Waals surface area contributed by atoms with E-state index in [-0.39, 0.29) is 5.69 Å². The van der Waals surface area contributed by atoms with Gasteiger partial charge in [0.25, 0.3) is 11.6 Å². The van der Waals surface area contributed by atoms with Crippen molar-refractivity contribution in [3.63, 3.8) is 0 Å². The number of rotatable bonds is 6. The lowest BCUT2D eigenvalue weighted by Gasteiger charge is -2.20. The monoisotopic (exact) mass is 342 g/mol. The summed E-state index contributed by atoms with van der Waals surface area (Å²) < 4.78 is 5.15. The third-order valence-electron chi connectivity index (χ3n) is 3.59. The van der Waals surface area contributed by atoms with E-state index in [0.29, 0.717) is 11.1 Å². The predicted molar refractivity (Wildman–Crippen MR) is 90.6 cm³/mol. The van der Waals surface area contributed by atoms with E-state index in [1.165, 1.54) is 19.1 Å². The van der Waals surface area contributed by atoms with Crippen LogP contribution in [0, 0.1) is 10.1 Å². The van der Waals surface area contributed by atoms with Crippen molar-refractivity contribution in [3.8, 4) is 0 Å². The molecule has 2 rings (SSSR count). The molecule has 2 unspecified atom stereocenters. The molecule has 7 nitrogen and oxygen atoms in total. The molecule has 0 spiro atoms. The Morgan fingerprint density at radius 1 is 1.04 bits per heavy atom. The van der Waals surface area contributed by atoms with Gasteiger partial charge in [0, 0.05) is 24.6 Å². The molecule has 1 N–H and O–H groups in total. The zero-order valence-corrected chi connectivity index (χ0v) is 13.8. The number of nitro benzene ring substituents is 1. The number of hydrogen-bond acceptors (Lipinski definition) is 5. The first-order valence-electron chi connectivity index (χ1n) is 7.65. The van der Waals surface area contributed by atoms with Crippen LogP contribution >= 0.6 is 0 Å². The maximum Gasteiger partial charge on any atom is 0.303 e. The molecule has 2 aromatic rings. The Bertz CT molecular complexity index is 759. The van der Waals surface area contributed by atoms with E-state index in [1.54, 1.807) is 49.4 Å². The van der Waals surface area contributed by atoms with Crippen molar-refractivity contribution in [2.24, 2.45) is 0 Å². The fourth-order valence-corrected chi connectivity index (χ4v) is 2.32. The second kappa shape index (κ2) is 8.05. The summed E-state index contributed by atoms with van der Waals surface area (Å²) >= 11 is 0. The lowest BCUT2D eigenvalue weighted by atomic mass is 10.1. The number of carbonyl (C=O) groups is 2. The normalized spacial score (nSPS) is 12.7. The number of non-ortho nitro benzene ring substituents is 1. The number of ether oxygens (including phenoxy) is 1. The molecule has 7 heteroatoms. The van der Waals surface area contributed by atoms with Gasteiger partial charge in [-0.3, -0.25) is 19.7 Å². The molecule has 0 fully saturated rings. The van der Waals surface area contributed by atoms with E-state index in [1.807, 2.05) is 0 Å². The van der Waals surface area contributed by atoms with E-state index >= 15 is 0 Å². The summed E-state index contributed by atoms with van der Waals surface area (Å²) in [6, 6.07) is 14.2. The number of carbonyl (C=O) groups excluding carboxylic acids is 2. The lowest BCUT2D eigenvalue weighted by molar-refractivity contribution is -0.384. The molecule has 2 atom stereocenters. The van der Waals surface area contributed by atoms with Gasteiger partial charge < -0.3 is 10.1 Å². The topological polar surface area (TPSA) is 98.5 Å². The van der Waals surface area contributed by atoms with E-state index in [4.69, 9.17) is 4.74 Å². The first-order valence-corrected chi connectivity index (χ1v) is 7.65. The van der Waals surface area contributed by atoms with Gasteiger partial charge in [-0.2, -0.15) is 0 Å². The summed E-state index contributed by atoms with van der Waals surface area (Å²) in [7, 11) is 0. The number of nitrogens with one attached hydrogen (secondary N) is 1. The SMILES string of the molecule is CC(=O)OC(C(=O)NC(C)c1ccc([N+](=O)[O-])cc1)c1ccccc1. The summed E-state index contributed by atoms with van der Waals surface area (Å²) in [6.07, 6.45) is -1.06. The number of nitrogens with zero attached hydrogens (tertiary/aromatic N) is 1. The molecule has 130 valence electrons. The zero-order valence-electron chi connectivity index (χ0n) is 13.8. The molecule has 0 aliphatic heterocycles. The average Bonchev–Trinajstić information content (AvgIpc) is 2.60. The van der Waals surface area contributed by atoms with Gasteiger partial charge in [0.15, 0.2) is 0 Å². The molecule has 0 heterocycles. The molecule has 25 heavy (non-hydrogen) atoms. The Morgan fingerprint density at radius 3 is 2.16 bits per heavy atom. The average molecular weight is 342 g/mol. The van der Waals surface area contributed by atoms with E-state index in [2.05, 4.69) is 5.32 Å². The summed E-state index contributed by atoms with van der Waals surface area (Å²) in [5.41, 5.74) is 1.24. The predicted octanol–water partition coefficient (Wildman–Crippen LogP) is 3.08. The summed E-state index contributed by atoms with van der Waals surface area (Å²) in [5, 5.41) is 13.5. The third kappa shape index (κ3) is 4.87. The van der Waals surface area contributed by atoms with E-state index in [0.717, 1.165) is 0 Å². The van der Waals surface area contributed by atoms with Crippen LogP contribution in [0.3, 0.4) is 0 Å². The Morgan fingerprint density at radius 2 is 1.64 bits per heavy atom. The number of amides is 1. The van der Waals surface area contributed by atoms with Crippen LogP contribution in [0.25, 0.3) is 0 Å². The largest absolute Gasteiger partial charge is 0.447 e. The van der Waals surface area contributed by atoms with Crippen molar-refractivity contribution in [2.45, 2.75) is 26.0 Å². The van der Waals surface area contributed by atoms with Crippen LogP contribution in [0.1, 0.15) is 37.1 Å². The molecule has 0 aromatic heterocycles. The highest BCUT2D eigenvalue weighted by atomic mass is 16.6. The summed E-state index contributed by atoms with van der Waals surface area (Å²) in [6.45, 7) is 2.98.